The molecule has 0 spiro atoms. The molecule has 12 heteroatoms. The fourth-order valence-corrected chi connectivity index (χ4v) is 5.36. The molecule has 0 aliphatic carbocycles. The standard InChI is InChI=1S/4C5H10OS2/c4*1-7-3-5(6)4-8-2/h4*3-4H2,1-2H3. The topological polar surface area (TPSA) is 68.3 Å². The maximum Gasteiger partial charge on any atom is 0.152 e. The maximum absolute atomic E-state index is 10.6. The lowest BCUT2D eigenvalue weighted by Crippen LogP contribution is -2.02. The number of thioether (sulfide) groups is 8. The zero-order valence-electron chi connectivity index (χ0n) is 20.6. The molecule has 0 atom stereocenters. The molecule has 0 unspecified atom stereocenters. The highest BCUT2D eigenvalue weighted by Crippen LogP contribution is 1.99. The summed E-state index contributed by atoms with van der Waals surface area (Å²) < 4.78 is 0. The van der Waals surface area contributed by atoms with Crippen LogP contribution in [0.1, 0.15) is 0 Å². The zero-order chi connectivity index (χ0) is 25.6. The van der Waals surface area contributed by atoms with E-state index in [1.807, 2.05) is 50.0 Å². The smallest absolute Gasteiger partial charge is 0.152 e. The van der Waals surface area contributed by atoms with Gasteiger partial charge in [0.25, 0.3) is 0 Å². The van der Waals surface area contributed by atoms with Gasteiger partial charge in [0.15, 0.2) is 23.1 Å². The van der Waals surface area contributed by atoms with Crippen molar-refractivity contribution in [3.63, 3.8) is 0 Å². The second-order valence-corrected chi connectivity index (χ2v) is 12.5. The Morgan fingerprint density at radius 3 is 0.469 bits per heavy atom. The Bertz CT molecular complexity index is 339. The molecule has 0 saturated heterocycles. The Morgan fingerprint density at radius 1 is 0.312 bits per heavy atom. The summed E-state index contributed by atoms with van der Waals surface area (Å²) in [5, 5.41) is 0. The Labute approximate surface area is 230 Å². The average molecular weight is 601 g/mol. The van der Waals surface area contributed by atoms with Crippen molar-refractivity contribution < 1.29 is 19.2 Å². The van der Waals surface area contributed by atoms with Gasteiger partial charge in [-0.25, -0.2) is 0 Å². The van der Waals surface area contributed by atoms with E-state index in [0.29, 0.717) is 69.2 Å². The van der Waals surface area contributed by atoms with E-state index in [1.165, 1.54) is 0 Å². The van der Waals surface area contributed by atoms with E-state index in [9.17, 15) is 19.2 Å². The van der Waals surface area contributed by atoms with Crippen LogP contribution in [-0.4, -0.2) is 119 Å². The summed E-state index contributed by atoms with van der Waals surface area (Å²) >= 11 is 12.7. The summed E-state index contributed by atoms with van der Waals surface area (Å²) in [6.45, 7) is 0. The number of rotatable bonds is 16. The quantitative estimate of drug-likeness (QED) is 0.236. The van der Waals surface area contributed by atoms with Crippen molar-refractivity contribution >= 4 is 117 Å². The van der Waals surface area contributed by atoms with Crippen molar-refractivity contribution in [1.29, 1.82) is 0 Å². The summed E-state index contributed by atoms with van der Waals surface area (Å²) in [5.74, 6) is 6.69. The van der Waals surface area contributed by atoms with Gasteiger partial charge in [-0.05, 0) is 50.0 Å². The number of carbonyl (C=O) groups is 4. The minimum atomic E-state index is 0.338. The van der Waals surface area contributed by atoms with Crippen LogP contribution in [0, 0.1) is 0 Å². The van der Waals surface area contributed by atoms with Gasteiger partial charge in [0, 0.05) is 0 Å². The Kier molecular flexibility index (Phi) is 47.0. The number of carbonyl (C=O) groups excluding carboxylic acids is 4. The summed E-state index contributed by atoms with van der Waals surface area (Å²) in [4.78, 5) is 42.4. The molecule has 0 aromatic rings. The van der Waals surface area contributed by atoms with E-state index in [2.05, 4.69) is 0 Å². The van der Waals surface area contributed by atoms with Gasteiger partial charge in [-0.1, -0.05) is 0 Å². The molecule has 0 aliphatic rings. The van der Waals surface area contributed by atoms with Crippen LogP contribution in [0.25, 0.3) is 0 Å². The first-order valence-electron chi connectivity index (χ1n) is 9.22. The molecule has 0 aromatic heterocycles. The van der Waals surface area contributed by atoms with E-state index in [4.69, 9.17) is 0 Å². The molecule has 0 aromatic carbocycles. The molecule has 0 fully saturated rings. The normalized spacial score (nSPS) is 9.25. The Hall–Kier alpha value is 1.48. The summed E-state index contributed by atoms with van der Waals surface area (Å²) in [6.07, 6.45) is 15.5. The van der Waals surface area contributed by atoms with Gasteiger partial charge in [0.1, 0.15) is 0 Å². The Balaban J connectivity index is -0.000000163. The average Bonchev–Trinajstić information content (AvgIpc) is 2.71. The molecule has 32 heavy (non-hydrogen) atoms. The monoisotopic (exact) mass is 600 g/mol. The van der Waals surface area contributed by atoms with Crippen LogP contribution in [0.5, 0.6) is 0 Å². The first-order valence-corrected chi connectivity index (χ1v) is 20.4. The van der Waals surface area contributed by atoms with Crippen LogP contribution in [-0.2, 0) is 19.2 Å². The van der Waals surface area contributed by atoms with Crippen molar-refractivity contribution in [2.45, 2.75) is 0 Å². The molecule has 0 amide bonds. The molecular formula is C20H40O4S8. The highest BCUT2D eigenvalue weighted by molar-refractivity contribution is 8.02. The number of Topliss-reactive ketones (excluding diaryl/α,β-unsaturated/α-hetero) is 4. The lowest BCUT2D eigenvalue weighted by atomic mass is 10.5. The highest BCUT2D eigenvalue weighted by Gasteiger charge is 1.97. The second-order valence-electron chi connectivity index (χ2n) is 5.62. The van der Waals surface area contributed by atoms with Gasteiger partial charge in [0.05, 0.1) is 46.0 Å². The van der Waals surface area contributed by atoms with Gasteiger partial charge in [-0.15, -0.1) is 0 Å². The van der Waals surface area contributed by atoms with E-state index >= 15 is 0 Å². The third kappa shape index (κ3) is 45.0. The molecule has 0 aliphatic heterocycles. The van der Waals surface area contributed by atoms with Crippen molar-refractivity contribution in [1.82, 2.24) is 0 Å². The van der Waals surface area contributed by atoms with Crippen molar-refractivity contribution in [3.05, 3.63) is 0 Å². The van der Waals surface area contributed by atoms with Gasteiger partial charge < -0.3 is 0 Å². The van der Waals surface area contributed by atoms with Gasteiger partial charge in [-0.2, -0.15) is 94.1 Å². The summed E-state index contributed by atoms with van der Waals surface area (Å²) in [7, 11) is 0. The molecule has 4 nitrogen and oxygen atoms in total. The fraction of sp³-hybridized carbons (Fsp3) is 0.800. The molecule has 0 saturated carbocycles. The van der Waals surface area contributed by atoms with E-state index in [1.54, 1.807) is 94.1 Å². The molecule has 0 bridgehead atoms. The van der Waals surface area contributed by atoms with E-state index < -0.39 is 0 Å². The summed E-state index contributed by atoms with van der Waals surface area (Å²) in [6, 6.07) is 0. The van der Waals surface area contributed by atoms with Crippen LogP contribution in [0.3, 0.4) is 0 Å². The first kappa shape index (κ1) is 40.6. The molecule has 0 N–H and O–H groups in total. The minimum absolute atomic E-state index is 0.338. The Morgan fingerprint density at radius 2 is 0.406 bits per heavy atom. The number of hydrogen-bond acceptors (Lipinski definition) is 12. The zero-order valence-corrected chi connectivity index (χ0v) is 27.1. The van der Waals surface area contributed by atoms with Crippen LogP contribution in [0.15, 0.2) is 0 Å². The minimum Gasteiger partial charge on any atom is -0.298 e. The van der Waals surface area contributed by atoms with Crippen molar-refractivity contribution in [2.24, 2.45) is 0 Å². The van der Waals surface area contributed by atoms with Crippen molar-refractivity contribution in [3.8, 4) is 0 Å². The molecule has 0 heterocycles. The number of hydrogen-bond donors (Lipinski definition) is 0. The molecule has 192 valence electrons. The van der Waals surface area contributed by atoms with E-state index in [0.717, 1.165) is 0 Å². The third-order valence-corrected chi connectivity index (χ3v) is 7.33. The van der Waals surface area contributed by atoms with Gasteiger partial charge >= 0.3 is 0 Å². The SMILES string of the molecule is CSCC(=O)CSC.CSCC(=O)CSC.CSCC(=O)CSC.CSCC(=O)CSC. The van der Waals surface area contributed by atoms with Crippen molar-refractivity contribution in [2.75, 3.05) is 96.1 Å². The van der Waals surface area contributed by atoms with E-state index in [-0.39, 0.29) is 0 Å². The summed E-state index contributed by atoms with van der Waals surface area (Å²) in [5.41, 5.74) is 0. The predicted molar refractivity (Wildman–Crippen MR) is 167 cm³/mol. The third-order valence-electron chi connectivity index (χ3n) is 2.44. The first-order chi connectivity index (χ1) is 15.2. The fourth-order valence-electron chi connectivity index (χ4n) is 1.45. The van der Waals surface area contributed by atoms with Crippen LogP contribution in [0.4, 0.5) is 0 Å². The van der Waals surface area contributed by atoms with Crippen LogP contribution in [0.2, 0.25) is 0 Å². The molecule has 0 radical (unpaired) electrons. The van der Waals surface area contributed by atoms with Crippen LogP contribution < -0.4 is 0 Å². The lowest BCUT2D eigenvalue weighted by Gasteiger charge is -1.91. The second kappa shape index (κ2) is 37.0. The van der Waals surface area contributed by atoms with Crippen LogP contribution >= 0.6 is 94.1 Å². The highest BCUT2D eigenvalue weighted by atomic mass is 32.2. The van der Waals surface area contributed by atoms with Gasteiger partial charge in [-0.3, -0.25) is 19.2 Å². The predicted octanol–water partition coefficient (Wildman–Crippen LogP) is 5.13. The molecule has 0 rings (SSSR count). The lowest BCUT2D eigenvalue weighted by molar-refractivity contribution is -0.115. The molecular weight excluding hydrogens is 561 g/mol. The van der Waals surface area contributed by atoms with Gasteiger partial charge in [0.2, 0.25) is 0 Å². The number of ketones is 4. The maximum atomic E-state index is 10.6. The largest absolute Gasteiger partial charge is 0.298 e.